The summed E-state index contributed by atoms with van der Waals surface area (Å²) in [6.45, 7) is 7.16. The van der Waals surface area contributed by atoms with Crippen molar-refractivity contribution >= 4 is 11.6 Å². The van der Waals surface area contributed by atoms with Gasteiger partial charge in [-0.2, -0.15) is 0 Å². The first-order valence-corrected chi connectivity index (χ1v) is 7.64. The molecule has 0 aromatic rings. The number of unbranched alkanes of at least 4 members (excludes halogenated alkanes) is 1. The number of ether oxygens (including phenoxy) is 1. The van der Waals surface area contributed by atoms with Gasteiger partial charge in [-0.1, -0.05) is 33.1 Å². The van der Waals surface area contributed by atoms with E-state index in [0.717, 1.165) is 38.0 Å². The molecule has 2 nitrogen and oxygen atoms in total. The van der Waals surface area contributed by atoms with Gasteiger partial charge in [0.15, 0.2) is 0 Å². The summed E-state index contributed by atoms with van der Waals surface area (Å²) >= 11 is 6.16. The van der Waals surface area contributed by atoms with E-state index in [4.69, 9.17) is 16.3 Å². The Kier molecular flexibility index (Phi) is 7.49. The van der Waals surface area contributed by atoms with Gasteiger partial charge in [0.1, 0.15) is 0 Å². The minimum atomic E-state index is 0.174. The molecule has 3 heteroatoms. The van der Waals surface area contributed by atoms with Crippen LogP contribution < -0.4 is 5.32 Å². The first-order valence-electron chi connectivity index (χ1n) is 7.11. The van der Waals surface area contributed by atoms with Crippen LogP contribution in [-0.2, 0) is 4.74 Å². The van der Waals surface area contributed by atoms with Gasteiger partial charge in [-0.3, -0.25) is 0 Å². The molecular weight excluding hydrogens is 234 g/mol. The fourth-order valence-electron chi connectivity index (χ4n) is 2.73. The Bertz CT molecular complexity index is 201. The van der Waals surface area contributed by atoms with Gasteiger partial charge < -0.3 is 10.1 Å². The molecule has 0 bridgehead atoms. The maximum absolute atomic E-state index is 6.16. The Labute approximate surface area is 111 Å². The smallest absolute Gasteiger partial charge is 0.0591 e. The van der Waals surface area contributed by atoms with E-state index in [-0.39, 0.29) is 5.54 Å². The Morgan fingerprint density at radius 3 is 2.88 bits per heavy atom. The average molecular weight is 262 g/mol. The van der Waals surface area contributed by atoms with Crippen LogP contribution in [0, 0.1) is 5.92 Å². The molecule has 0 spiro atoms. The van der Waals surface area contributed by atoms with Crippen LogP contribution in [0.25, 0.3) is 0 Å². The van der Waals surface area contributed by atoms with Crippen molar-refractivity contribution in [3.05, 3.63) is 0 Å². The van der Waals surface area contributed by atoms with E-state index < -0.39 is 0 Å². The summed E-state index contributed by atoms with van der Waals surface area (Å²) in [5, 5.41) is 3.64. The van der Waals surface area contributed by atoms with Crippen LogP contribution in [0.5, 0.6) is 0 Å². The van der Waals surface area contributed by atoms with E-state index in [1.54, 1.807) is 0 Å². The Hall–Kier alpha value is 0.210. The highest BCUT2D eigenvalue weighted by atomic mass is 35.5. The number of nitrogens with one attached hydrogen (secondary N) is 1. The Balaban J connectivity index is 2.17. The van der Waals surface area contributed by atoms with Gasteiger partial charge in [-0.15, -0.1) is 11.6 Å². The van der Waals surface area contributed by atoms with Crippen LogP contribution >= 0.6 is 11.6 Å². The van der Waals surface area contributed by atoms with Gasteiger partial charge in [0.2, 0.25) is 0 Å². The third-order valence-corrected chi connectivity index (χ3v) is 4.25. The van der Waals surface area contributed by atoms with Crippen molar-refractivity contribution in [3.63, 3.8) is 0 Å². The van der Waals surface area contributed by atoms with E-state index in [2.05, 4.69) is 19.2 Å². The summed E-state index contributed by atoms with van der Waals surface area (Å²) < 4.78 is 5.58. The zero-order valence-electron chi connectivity index (χ0n) is 11.4. The van der Waals surface area contributed by atoms with Crippen LogP contribution in [0.4, 0.5) is 0 Å². The predicted octanol–water partition coefficient (Wildman–Crippen LogP) is 3.58. The van der Waals surface area contributed by atoms with Gasteiger partial charge in [0.25, 0.3) is 0 Å². The third kappa shape index (κ3) is 5.58. The Morgan fingerprint density at radius 1 is 1.41 bits per heavy atom. The second-order valence-corrected chi connectivity index (χ2v) is 5.78. The molecule has 1 fully saturated rings. The molecule has 0 saturated heterocycles. The van der Waals surface area contributed by atoms with Crippen LogP contribution in [-0.4, -0.2) is 31.2 Å². The van der Waals surface area contributed by atoms with E-state index in [1.165, 1.54) is 32.1 Å². The topological polar surface area (TPSA) is 21.3 Å². The highest BCUT2D eigenvalue weighted by Gasteiger charge is 2.33. The number of hydrogen-bond acceptors (Lipinski definition) is 2. The first kappa shape index (κ1) is 15.3. The standard InChI is InChI=1S/C14H28ClNO/c1-3-4-9-17-10-8-16-14(12-15)7-5-6-13(2)11-14/h13,16H,3-12H2,1-2H3. The van der Waals surface area contributed by atoms with E-state index in [0.29, 0.717) is 0 Å². The normalized spacial score (nSPS) is 29.5. The van der Waals surface area contributed by atoms with Gasteiger partial charge in [0.05, 0.1) is 6.61 Å². The molecule has 1 aliphatic rings. The zero-order chi connectivity index (χ0) is 12.6. The summed E-state index contributed by atoms with van der Waals surface area (Å²) in [6, 6.07) is 0. The summed E-state index contributed by atoms with van der Waals surface area (Å²) in [5.41, 5.74) is 0.174. The molecule has 102 valence electrons. The summed E-state index contributed by atoms with van der Waals surface area (Å²) in [6.07, 6.45) is 7.46. The molecule has 0 aromatic carbocycles. The largest absolute Gasteiger partial charge is 0.380 e. The van der Waals surface area contributed by atoms with Crippen LogP contribution in [0.15, 0.2) is 0 Å². The van der Waals surface area contributed by atoms with Gasteiger partial charge in [-0.25, -0.2) is 0 Å². The molecule has 1 saturated carbocycles. The van der Waals surface area contributed by atoms with Crippen molar-refractivity contribution in [2.45, 2.75) is 57.9 Å². The number of halogens is 1. The van der Waals surface area contributed by atoms with Crippen LogP contribution in [0.3, 0.4) is 0 Å². The summed E-state index contributed by atoms with van der Waals surface area (Å²) in [5.74, 6) is 1.53. The van der Waals surface area contributed by atoms with Crippen molar-refractivity contribution < 1.29 is 4.74 Å². The fraction of sp³-hybridized carbons (Fsp3) is 1.00. The molecule has 0 aliphatic heterocycles. The molecule has 1 aliphatic carbocycles. The summed E-state index contributed by atoms with van der Waals surface area (Å²) in [7, 11) is 0. The van der Waals surface area contributed by atoms with Crippen molar-refractivity contribution in [2.24, 2.45) is 5.92 Å². The molecule has 2 atom stereocenters. The first-order chi connectivity index (χ1) is 8.22. The maximum atomic E-state index is 6.16. The van der Waals surface area contributed by atoms with Crippen molar-refractivity contribution in [1.29, 1.82) is 0 Å². The number of hydrogen-bond donors (Lipinski definition) is 1. The van der Waals surface area contributed by atoms with E-state index in [9.17, 15) is 0 Å². The van der Waals surface area contributed by atoms with Crippen LogP contribution in [0.1, 0.15) is 52.4 Å². The fourth-order valence-corrected chi connectivity index (χ4v) is 3.06. The van der Waals surface area contributed by atoms with Crippen LogP contribution in [0.2, 0.25) is 0 Å². The number of alkyl halides is 1. The third-order valence-electron chi connectivity index (χ3n) is 3.74. The van der Waals surface area contributed by atoms with E-state index in [1.807, 2.05) is 0 Å². The van der Waals surface area contributed by atoms with Gasteiger partial charge in [-0.05, 0) is 25.2 Å². The van der Waals surface area contributed by atoms with Crippen molar-refractivity contribution in [1.82, 2.24) is 5.32 Å². The van der Waals surface area contributed by atoms with Crippen molar-refractivity contribution in [2.75, 3.05) is 25.6 Å². The zero-order valence-corrected chi connectivity index (χ0v) is 12.2. The van der Waals surface area contributed by atoms with Crippen molar-refractivity contribution in [3.8, 4) is 0 Å². The van der Waals surface area contributed by atoms with Gasteiger partial charge >= 0.3 is 0 Å². The summed E-state index contributed by atoms with van der Waals surface area (Å²) in [4.78, 5) is 0. The maximum Gasteiger partial charge on any atom is 0.0591 e. The Morgan fingerprint density at radius 2 is 2.24 bits per heavy atom. The molecule has 0 heterocycles. The lowest BCUT2D eigenvalue weighted by Crippen LogP contribution is -2.51. The minimum absolute atomic E-state index is 0.174. The molecule has 0 radical (unpaired) electrons. The molecule has 2 unspecified atom stereocenters. The average Bonchev–Trinajstić information content (AvgIpc) is 2.34. The monoisotopic (exact) mass is 261 g/mol. The lowest BCUT2D eigenvalue weighted by Gasteiger charge is -2.39. The van der Waals surface area contributed by atoms with Gasteiger partial charge in [0, 0.05) is 24.6 Å². The van der Waals surface area contributed by atoms with E-state index >= 15 is 0 Å². The highest BCUT2D eigenvalue weighted by molar-refractivity contribution is 6.18. The highest BCUT2D eigenvalue weighted by Crippen LogP contribution is 2.32. The quantitative estimate of drug-likeness (QED) is 0.533. The molecule has 1 N–H and O–H groups in total. The second kappa shape index (κ2) is 8.34. The molecule has 1 rings (SSSR count). The SMILES string of the molecule is CCCCOCCNC1(CCl)CCCC(C)C1. The lowest BCUT2D eigenvalue weighted by molar-refractivity contribution is 0.118. The molecular formula is C14H28ClNO. The lowest BCUT2D eigenvalue weighted by atomic mass is 9.77. The molecule has 0 aromatic heterocycles. The second-order valence-electron chi connectivity index (χ2n) is 5.51. The predicted molar refractivity (Wildman–Crippen MR) is 74.8 cm³/mol. The number of rotatable bonds is 8. The molecule has 17 heavy (non-hydrogen) atoms. The molecule has 0 amide bonds. The minimum Gasteiger partial charge on any atom is -0.380 e.